The first-order chi connectivity index (χ1) is 9.56. The van der Waals surface area contributed by atoms with Crippen LogP contribution in [0.5, 0.6) is 5.75 Å². The number of ether oxygens (including phenoxy) is 1. The van der Waals surface area contributed by atoms with Crippen molar-refractivity contribution < 1.29 is 9.53 Å². The molecule has 0 bridgehead atoms. The molecule has 0 fully saturated rings. The molecule has 2 rings (SSSR count). The number of carbonyl (C=O) groups is 1. The Kier molecular flexibility index (Phi) is 4.28. The highest BCUT2D eigenvalue weighted by Crippen LogP contribution is 2.32. The minimum atomic E-state index is 0.151. The van der Waals surface area contributed by atoms with E-state index in [1.165, 1.54) is 11.3 Å². The molecule has 3 heteroatoms. The third-order valence-corrected chi connectivity index (χ3v) is 3.56. The van der Waals surface area contributed by atoms with E-state index in [-0.39, 0.29) is 5.78 Å². The second-order valence-electron chi connectivity index (χ2n) is 5.09. The summed E-state index contributed by atoms with van der Waals surface area (Å²) in [6.07, 6.45) is 5.69. The topological polar surface area (TPSA) is 29.5 Å². The largest absolute Gasteiger partial charge is 0.497 e. The highest BCUT2D eigenvalue weighted by molar-refractivity contribution is 6.01. The van der Waals surface area contributed by atoms with Gasteiger partial charge in [-0.3, -0.25) is 4.79 Å². The van der Waals surface area contributed by atoms with Crippen molar-refractivity contribution in [2.45, 2.75) is 19.8 Å². The van der Waals surface area contributed by atoms with Crippen molar-refractivity contribution in [3.05, 3.63) is 47.2 Å². The molecule has 1 aromatic rings. The molecule has 0 saturated heterocycles. The van der Waals surface area contributed by atoms with Crippen molar-refractivity contribution in [3.8, 4) is 5.75 Å². The van der Waals surface area contributed by atoms with Crippen molar-refractivity contribution >= 4 is 11.4 Å². The van der Waals surface area contributed by atoms with Crippen molar-refractivity contribution in [3.63, 3.8) is 0 Å². The number of hydrogen-bond donors (Lipinski definition) is 0. The summed E-state index contributed by atoms with van der Waals surface area (Å²) in [4.78, 5) is 14.2. The number of methoxy groups -OCH3 is 1. The molecule has 0 atom stereocenters. The smallest absolute Gasteiger partial charge is 0.163 e. The van der Waals surface area contributed by atoms with Crippen LogP contribution >= 0.6 is 0 Å². The number of rotatable bonds is 5. The molecule has 0 aliphatic heterocycles. The van der Waals surface area contributed by atoms with Gasteiger partial charge in [0, 0.05) is 31.8 Å². The molecule has 0 radical (unpaired) electrons. The van der Waals surface area contributed by atoms with Gasteiger partial charge >= 0.3 is 0 Å². The Hall–Kier alpha value is -2.03. The van der Waals surface area contributed by atoms with Crippen LogP contribution in [0.1, 0.15) is 35.7 Å². The lowest BCUT2D eigenvalue weighted by Gasteiger charge is -2.12. The number of hydrogen-bond acceptors (Lipinski definition) is 3. The van der Waals surface area contributed by atoms with Crippen LogP contribution in [0.15, 0.2) is 36.0 Å². The van der Waals surface area contributed by atoms with Crippen LogP contribution in [0.4, 0.5) is 0 Å². The maximum atomic E-state index is 12.2. The molecule has 0 unspecified atom stereocenters. The number of Topliss-reactive ketones (excluding diaryl/α,β-unsaturated/α-hetero) is 1. The summed E-state index contributed by atoms with van der Waals surface area (Å²) in [7, 11) is 5.67. The van der Waals surface area contributed by atoms with Gasteiger partial charge in [-0.15, -0.1) is 0 Å². The van der Waals surface area contributed by atoms with E-state index in [9.17, 15) is 4.79 Å². The maximum absolute atomic E-state index is 12.2. The molecule has 20 heavy (non-hydrogen) atoms. The number of ketones is 1. The highest BCUT2D eigenvalue weighted by atomic mass is 16.5. The molecular formula is C17H21NO2. The second-order valence-corrected chi connectivity index (χ2v) is 5.09. The lowest BCUT2D eigenvalue weighted by Crippen LogP contribution is -2.07. The van der Waals surface area contributed by atoms with Crippen LogP contribution in [0.25, 0.3) is 5.57 Å². The van der Waals surface area contributed by atoms with Crippen LogP contribution in [0.2, 0.25) is 0 Å². The number of benzene rings is 1. The number of nitrogens with zero attached hydrogens (tertiary/aromatic N) is 1. The van der Waals surface area contributed by atoms with Crippen LogP contribution in [0.3, 0.4) is 0 Å². The van der Waals surface area contributed by atoms with Crippen molar-refractivity contribution in [2.75, 3.05) is 21.2 Å². The molecule has 1 aliphatic rings. The predicted molar refractivity (Wildman–Crippen MR) is 82.0 cm³/mol. The highest BCUT2D eigenvalue weighted by Gasteiger charge is 2.17. The lowest BCUT2D eigenvalue weighted by atomic mass is 9.95. The van der Waals surface area contributed by atoms with E-state index in [0.717, 1.165) is 23.3 Å². The van der Waals surface area contributed by atoms with Crippen LogP contribution < -0.4 is 4.74 Å². The second kappa shape index (κ2) is 5.95. The summed E-state index contributed by atoms with van der Waals surface area (Å²) in [6, 6.07) is 5.74. The Labute approximate surface area is 120 Å². The fourth-order valence-corrected chi connectivity index (χ4v) is 2.36. The SMILES string of the molecule is CCC(=O)c1cc(OC)ccc1C1=CC(N(C)C)=CC1. The molecule has 1 aliphatic carbocycles. The monoisotopic (exact) mass is 271 g/mol. The van der Waals surface area contributed by atoms with E-state index >= 15 is 0 Å². The van der Waals surface area contributed by atoms with Gasteiger partial charge in [0.05, 0.1) is 7.11 Å². The van der Waals surface area contributed by atoms with E-state index in [0.29, 0.717) is 6.42 Å². The van der Waals surface area contributed by atoms with E-state index in [1.807, 2.05) is 39.2 Å². The fraction of sp³-hybridized carbons (Fsp3) is 0.353. The van der Waals surface area contributed by atoms with Crippen LogP contribution in [-0.2, 0) is 0 Å². The summed E-state index contributed by atoms with van der Waals surface area (Å²) >= 11 is 0. The minimum absolute atomic E-state index is 0.151. The van der Waals surface area contributed by atoms with Gasteiger partial charge in [-0.1, -0.05) is 19.1 Å². The average molecular weight is 271 g/mol. The van der Waals surface area contributed by atoms with Gasteiger partial charge in [-0.05, 0) is 35.8 Å². The first-order valence-electron chi connectivity index (χ1n) is 6.86. The summed E-state index contributed by atoms with van der Waals surface area (Å²) < 4.78 is 5.23. The number of allylic oxidation sites excluding steroid dienone is 3. The van der Waals surface area contributed by atoms with Gasteiger partial charge in [0.1, 0.15) is 5.75 Å². The Morgan fingerprint density at radius 1 is 1.35 bits per heavy atom. The molecule has 0 spiro atoms. The summed E-state index contributed by atoms with van der Waals surface area (Å²) in [5.41, 5.74) is 4.15. The molecule has 1 aromatic carbocycles. The minimum Gasteiger partial charge on any atom is -0.497 e. The third kappa shape index (κ3) is 2.77. The molecular weight excluding hydrogens is 250 g/mol. The Balaban J connectivity index is 2.42. The van der Waals surface area contributed by atoms with E-state index < -0.39 is 0 Å². The first-order valence-corrected chi connectivity index (χ1v) is 6.86. The third-order valence-electron chi connectivity index (χ3n) is 3.56. The lowest BCUT2D eigenvalue weighted by molar-refractivity contribution is 0.0987. The number of carbonyl (C=O) groups excluding carboxylic acids is 1. The van der Waals surface area contributed by atoms with Gasteiger partial charge < -0.3 is 9.64 Å². The zero-order chi connectivity index (χ0) is 14.7. The standard InChI is InChI=1S/C17H21NO2/c1-5-17(19)16-11-14(20-4)8-9-15(16)12-6-7-13(10-12)18(2)3/h7-11H,5-6H2,1-4H3. The van der Waals surface area contributed by atoms with Gasteiger partial charge in [-0.25, -0.2) is 0 Å². The van der Waals surface area contributed by atoms with E-state index in [4.69, 9.17) is 4.74 Å². The zero-order valence-electron chi connectivity index (χ0n) is 12.6. The Bertz CT molecular complexity index is 583. The van der Waals surface area contributed by atoms with E-state index in [1.54, 1.807) is 7.11 Å². The molecule has 0 saturated carbocycles. The van der Waals surface area contributed by atoms with Gasteiger partial charge in [0.15, 0.2) is 5.78 Å². The van der Waals surface area contributed by atoms with Gasteiger partial charge in [0.25, 0.3) is 0 Å². The molecule has 0 heterocycles. The average Bonchev–Trinajstić information content (AvgIpc) is 2.95. The zero-order valence-corrected chi connectivity index (χ0v) is 12.6. The molecule has 0 aromatic heterocycles. The number of likely N-dealkylation sites (N-methyl/N-ethyl adjacent to an activating group) is 1. The summed E-state index contributed by atoms with van der Waals surface area (Å²) in [5, 5.41) is 0. The normalized spacial score (nSPS) is 13.8. The molecule has 3 nitrogen and oxygen atoms in total. The van der Waals surface area contributed by atoms with Crippen molar-refractivity contribution in [1.82, 2.24) is 4.90 Å². The van der Waals surface area contributed by atoms with E-state index in [2.05, 4.69) is 17.1 Å². The Morgan fingerprint density at radius 2 is 2.10 bits per heavy atom. The van der Waals surface area contributed by atoms with Gasteiger partial charge in [-0.2, -0.15) is 0 Å². The van der Waals surface area contributed by atoms with Crippen LogP contribution in [0, 0.1) is 0 Å². The van der Waals surface area contributed by atoms with Crippen LogP contribution in [-0.4, -0.2) is 31.9 Å². The van der Waals surface area contributed by atoms with Crippen molar-refractivity contribution in [1.29, 1.82) is 0 Å². The fourth-order valence-electron chi connectivity index (χ4n) is 2.36. The summed E-state index contributed by atoms with van der Waals surface area (Å²) in [6.45, 7) is 1.89. The van der Waals surface area contributed by atoms with Gasteiger partial charge in [0.2, 0.25) is 0 Å². The predicted octanol–water partition coefficient (Wildman–Crippen LogP) is 3.52. The molecule has 0 N–H and O–H groups in total. The maximum Gasteiger partial charge on any atom is 0.163 e. The quantitative estimate of drug-likeness (QED) is 0.767. The molecule has 106 valence electrons. The summed E-state index contributed by atoms with van der Waals surface area (Å²) in [5.74, 6) is 0.878. The molecule has 0 amide bonds. The Morgan fingerprint density at radius 3 is 2.65 bits per heavy atom. The first kappa shape index (κ1) is 14.4. The van der Waals surface area contributed by atoms with Crippen molar-refractivity contribution in [2.24, 2.45) is 0 Å².